The summed E-state index contributed by atoms with van der Waals surface area (Å²) in [5.41, 5.74) is 1.34. The van der Waals surface area contributed by atoms with Gasteiger partial charge in [-0.25, -0.2) is 18.1 Å². The van der Waals surface area contributed by atoms with E-state index in [1.165, 1.54) is 12.1 Å². The first-order valence-corrected chi connectivity index (χ1v) is 9.35. The Morgan fingerprint density at radius 1 is 1.08 bits per heavy atom. The molecule has 0 aliphatic carbocycles. The molecule has 0 bridgehead atoms. The number of aromatic nitrogens is 1. The lowest BCUT2D eigenvalue weighted by Crippen LogP contribution is -2.40. The Morgan fingerprint density at radius 3 is 2.32 bits per heavy atom. The third-order valence-electron chi connectivity index (χ3n) is 3.36. The average molecular weight is 361 g/mol. The lowest BCUT2D eigenvalue weighted by Gasteiger charge is -2.20. The van der Waals surface area contributed by atoms with Gasteiger partial charge >= 0.3 is 0 Å². The van der Waals surface area contributed by atoms with Crippen LogP contribution in [-0.4, -0.2) is 24.8 Å². The molecule has 25 heavy (non-hydrogen) atoms. The van der Waals surface area contributed by atoms with Crippen molar-refractivity contribution in [3.8, 4) is 0 Å². The maximum absolute atomic E-state index is 12.5. The second-order valence-electron chi connectivity index (χ2n) is 7.01. The Bertz CT molecular complexity index is 883. The number of nitrogens with one attached hydrogen (secondary N) is 2. The highest BCUT2D eigenvalue weighted by molar-refractivity contribution is 7.89. The van der Waals surface area contributed by atoms with Gasteiger partial charge in [-0.05, 0) is 63.9 Å². The number of pyridine rings is 1. The predicted octanol–water partition coefficient (Wildman–Crippen LogP) is 3.03. The van der Waals surface area contributed by atoms with Gasteiger partial charge in [-0.3, -0.25) is 4.79 Å². The van der Waals surface area contributed by atoms with E-state index in [2.05, 4.69) is 15.0 Å². The molecule has 0 atom stereocenters. The van der Waals surface area contributed by atoms with Crippen LogP contribution in [0.5, 0.6) is 0 Å². The quantitative estimate of drug-likeness (QED) is 0.876. The average Bonchev–Trinajstić information content (AvgIpc) is 2.47. The summed E-state index contributed by atoms with van der Waals surface area (Å²) in [6.45, 7) is 8.94. The van der Waals surface area contributed by atoms with Crippen LogP contribution >= 0.6 is 0 Å². The number of nitrogens with zero attached hydrogens (tertiary/aromatic N) is 1. The molecular formula is C18H23N3O3S. The first-order valence-electron chi connectivity index (χ1n) is 7.86. The van der Waals surface area contributed by atoms with Crippen LogP contribution in [0.1, 0.15) is 42.3 Å². The van der Waals surface area contributed by atoms with Gasteiger partial charge in [0, 0.05) is 17.3 Å². The lowest BCUT2D eigenvalue weighted by atomic mass is 10.1. The van der Waals surface area contributed by atoms with Crippen molar-refractivity contribution in [3.05, 3.63) is 53.2 Å². The fourth-order valence-electron chi connectivity index (χ4n) is 2.20. The molecule has 2 aromatic rings. The number of hydrogen-bond donors (Lipinski definition) is 2. The molecule has 0 aliphatic rings. The highest BCUT2D eigenvalue weighted by atomic mass is 32.2. The SMILES string of the molecule is Cc1ccc(NC(=O)c2cc(S(=O)(=O)NC(C)(C)C)ccc2C)nc1. The van der Waals surface area contributed by atoms with Gasteiger partial charge in [-0.15, -0.1) is 0 Å². The minimum absolute atomic E-state index is 0.0510. The Hall–Kier alpha value is -2.25. The third kappa shape index (κ3) is 5.11. The zero-order chi connectivity index (χ0) is 18.8. The summed E-state index contributed by atoms with van der Waals surface area (Å²) in [5, 5.41) is 2.69. The minimum Gasteiger partial charge on any atom is -0.307 e. The van der Waals surface area contributed by atoms with Gasteiger partial charge < -0.3 is 5.32 Å². The van der Waals surface area contributed by atoms with Gasteiger partial charge in [0.15, 0.2) is 0 Å². The van der Waals surface area contributed by atoms with Crippen LogP contribution in [0, 0.1) is 13.8 Å². The number of anilines is 1. The molecular weight excluding hydrogens is 338 g/mol. The number of hydrogen-bond acceptors (Lipinski definition) is 4. The van der Waals surface area contributed by atoms with Crippen molar-refractivity contribution in [1.29, 1.82) is 0 Å². The summed E-state index contributed by atoms with van der Waals surface area (Å²) in [4.78, 5) is 16.7. The Balaban J connectivity index is 2.32. The van der Waals surface area contributed by atoms with Crippen molar-refractivity contribution in [1.82, 2.24) is 9.71 Å². The molecule has 7 heteroatoms. The fraction of sp³-hybridized carbons (Fsp3) is 0.333. The predicted molar refractivity (Wildman–Crippen MR) is 98.2 cm³/mol. The molecule has 134 valence electrons. The van der Waals surface area contributed by atoms with Crippen molar-refractivity contribution in [3.63, 3.8) is 0 Å². The van der Waals surface area contributed by atoms with E-state index in [9.17, 15) is 13.2 Å². The monoisotopic (exact) mass is 361 g/mol. The van der Waals surface area contributed by atoms with Crippen LogP contribution in [0.25, 0.3) is 0 Å². The molecule has 6 nitrogen and oxygen atoms in total. The van der Waals surface area contributed by atoms with Crippen molar-refractivity contribution >= 4 is 21.7 Å². The normalized spacial score (nSPS) is 12.0. The summed E-state index contributed by atoms with van der Waals surface area (Å²) < 4.78 is 27.5. The maximum atomic E-state index is 12.5. The standard InChI is InChI=1S/C18H23N3O3S/c1-12-6-9-16(19-11-12)20-17(22)15-10-14(8-7-13(15)2)25(23,24)21-18(3,4)5/h6-11,21H,1-5H3,(H,19,20,22). The minimum atomic E-state index is -3.71. The second-order valence-corrected chi connectivity index (χ2v) is 8.69. The summed E-state index contributed by atoms with van der Waals surface area (Å²) in [6, 6.07) is 8.03. The topological polar surface area (TPSA) is 88.2 Å². The first-order chi connectivity index (χ1) is 11.5. The van der Waals surface area contributed by atoms with Crippen LogP contribution in [0.2, 0.25) is 0 Å². The summed E-state index contributed by atoms with van der Waals surface area (Å²) in [6.07, 6.45) is 1.65. The Kier molecular flexibility index (Phi) is 5.29. The number of rotatable bonds is 4. The van der Waals surface area contributed by atoms with Crippen LogP contribution in [-0.2, 0) is 10.0 Å². The molecule has 0 saturated heterocycles. The Labute approximate surface area is 148 Å². The van der Waals surface area contributed by atoms with Crippen molar-refractivity contribution in [2.75, 3.05) is 5.32 Å². The summed E-state index contributed by atoms with van der Waals surface area (Å²) in [5.74, 6) is 0.0118. The molecule has 0 aliphatic heterocycles. The Morgan fingerprint density at radius 2 is 1.76 bits per heavy atom. The molecule has 1 amide bonds. The van der Waals surface area contributed by atoms with Gasteiger partial charge in [-0.1, -0.05) is 12.1 Å². The molecule has 1 aromatic carbocycles. The zero-order valence-electron chi connectivity index (χ0n) is 15.0. The molecule has 2 rings (SSSR count). The molecule has 0 saturated carbocycles. The van der Waals surface area contributed by atoms with Gasteiger partial charge in [-0.2, -0.15) is 0 Å². The van der Waals surface area contributed by atoms with E-state index < -0.39 is 21.5 Å². The van der Waals surface area contributed by atoms with E-state index in [-0.39, 0.29) is 4.90 Å². The lowest BCUT2D eigenvalue weighted by molar-refractivity contribution is 0.102. The van der Waals surface area contributed by atoms with E-state index in [4.69, 9.17) is 0 Å². The smallest absolute Gasteiger partial charge is 0.257 e. The van der Waals surface area contributed by atoms with E-state index in [1.54, 1.807) is 46.0 Å². The van der Waals surface area contributed by atoms with E-state index in [0.717, 1.165) is 5.56 Å². The molecule has 0 spiro atoms. The van der Waals surface area contributed by atoms with Gasteiger partial charge in [0.1, 0.15) is 5.82 Å². The second kappa shape index (κ2) is 6.93. The van der Waals surface area contributed by atoms with Gasteiger partial charge in [0.05, 0.1) is 4.90 Å². The van der Waals surface area contributed by atoms with Gasteiger partial charge in [0.25, 0.3) is 5.91 Å². The largest absolute Gasteiger partial charge is 0.307 e. The molecule has 1 aromatic heterocycles. The number of aryl methyl sites for hydroxylation is 2. The molecule has 2 N–H and O–H groups in total. The summed E-state index contributed by atoms with van der Waals surface area (Å²) >= 11 is 0. The number of amides is 1. The number of sulfonamides is 1. The van der Waals surface area contributed by atoms with Crippen LogP contribution < -0.4 is 10.0 Å². The maximum Gasteiger partial charge on any atom is 0.257 e. The van der Waals surface area contributed by atoms with Crippen LogP contribution in [0.3, 0.4) is 0 Å². The van der Waals surface area contributed by atoms with Crippen molar-refractivity contribution in [2.24, 2.45) is 0 Å². The van der Waals surface area contributed by atoms with Gasteiger partial charge in [0.2, 0.25) is 10.0 Å². The van der Waals surface area contributed by atoms with Crippen LogP contribution in [0.4, 0.5) is 5.82 Å². The molecule has 0 fully saturated rings. The highest BCUT2D eigenvalue weighted by Crippen LogP contribution is 2.19. The molecule has 1 heterocycles. The van der Waals surface area contributed by atoms with Crippen LogP contribution in [0.15, 0.2) is 41.4 Å². The highest BCUT2D eigenvalue weighted by Gasteiger charge is 2.23. The summed E-state index contributed by atoms with van der Waals surface area (Å²) in [7, 11) is -3.71. The van der Waals surface area contributed by atoms with Crippen molar-refractivity contribution in [2.45, 2.75) is 45.1 Å². The number of carbonyl (C=O) groups is 1. The fourth-order valence-corrected chi connectivity index (χ4v) is 3.64. The van der Waals surface area contributed by atoms with Crippen molar-refractivity contribution < 1.29 is 13.2 Å². The van der Waals surface area contributed by atoms with E-state index in [0.29, 0.717) is 16.9 Å². The molecule has 0 unspecified atom stereocenters. The number of benzene rings is 1. The number of carbonyl (C=O) groups excluding carboxylic acids is 1. The molecule has 0 radical (unpaired) electrons. The zero-order valence-corrected chi connectivity index (χ0v) is 15.9. The third-order valence-corrected chi connectivity index (χ3v) is 5.11. The first kappa shape index (κ1) is 19.1. The van der Waals surface area contributed by atoms with E-state index in [1.807, 2.05) is 13.0 Å². The van der Waals surface area contributed by atoms with E-state index >= 15 is 0 Å².